The van der Waals surface area contributed by atoms with Gasteiger partial charge in [-0.3, -0.25) is 14.9 Å². The quantitative estimate of drug-likeness (QED) is 0.833. The molecule has 18 heavy (non-hydrogen) atoms. The average Bonchev–Trinajstić information content (AvgIpc) is 2.76. The first kappa shape index (κ1) is 11.8. The zero-order chi connectivity index (χ0) is 13.1. The fraction of sp³-hybridized carbons (Fsp3) is 0.167. The molecule has 0 aliphatic rings. The Morgan fingerprint density at radius 2 is 2.22 bits per heavy atom. The molecule has 0 aliphatic heterocycles. The fourth-order valence-electron chi connectivity index (χ4n) is 1.57. The molecule has 2 heterocycles. The maximum atomic E-state index is 12.0. The fourth-order valence-corrected chi connectivity index (χ4v) is 1.57. The summed E-state index contributed by atoms with van der Waals surface area (Å²) in [5, 5.41) is 17.7. The summed E-state index contributed by atoms with van der Waals surface area (Å²) in [5.74, 6) is -0.0248. The van der Waals surface area contributed by atoms with Gasteiger partial charge < -0.3 is 5.32 Å². The summed E-state index contributed by atoms with van der Waals surface area (Å²) < 4.78 is 0. The van der Waals surface area contributed by atoms with Crippen molar-refractivity contribution in [3.63, 3.8) is 0 Å². The van der Waals surface area contributed by atoms with Gasteiger partial charge in [0.2, 0.25) is 0 Å². The van der Waals surface area contributed by atoms with Crippen LogP contribution in [0.15, 0.2) is 18.3 Å². The van der Waals surface area contributed by atoms with E-state index in [0.29, 0.717) is 22.6 Å². The van der Waals surface area contributed by atoms with Crippen LogP contribution in [0.5, 0.6) is 0 Å². The van der Waals surface area contributed by atoms with E-state index in [2.05, 4.69) is 20.5 Å². The summed E-state index contributed by atoms with van der Waals surface area (Å²) in [6, 6.07) is 5.40. The van der Waals surface area contributed by atoms with E-state index in [9.17, 15) is 4.79 Å². The van der Waals surface area contributed by atoms with E-state index in [1.807, 2.05) is 13.0 Å². The maximum Gasteiger partial charge on any atom is 0.258 e. The minimum atomic E-state index is -0.319. The number of rotatable bonds is 2. The molecule has 2 N–H and O–H groups in total. The van der Waals surface area contributed by atoms with E-state index in [1.165, 1.54) is 6.20 Å². The first-order valence-electron chi connectivity index (χ1n) is 5.31. The lowest BCUT2D eigenvalue weighted by Gasteiger charge is -2.06. The monoisotopic (exact) mass is 241 g/mol. The molecule has 2 aromatic rings. The number of carbonyl (C=O) groups excluding carboxylic acids is 1. The molecule has 2 rings (SSSR count). The summed E-state index contributed by atoms with van der Waals surface area (Å²) in [7, 11) is 0. The zero-order valence-electron chi connectivity index (χ0n) is 9.98. The Bertz CT molecular complexity index is 638. The Labute approximate surface area is 104 Å². The first-order chi connectivity index (χ1) is 8.61. The van der Waals surface area contributed by atoms with Gasteiger partial charge in [-0.05, 0) is 26.0 Å². The number of nitriles is 1. The number of nitrogens with one attached hydrogen (secondary N) is 2. The third-order valence-corrected chi connectivity index (χ3v) is 2.47. The van der Waals surface area contributed by atoms with Crippen LogP contribution < -0.4 is 5.32 Å². The van der Waals surface area contributed by atoms with E-state index in [4.69, 9.17) is 5.26 Å². The Balaban J connectivity index is 2.25. The van der Waals surface area contributed by atoms with Gasteiger partial charge in [0.1, 0.15) is 17.5 Å². The third kappa shape index (κ3) is 2.20. The average molecular weight is 241 g/mol. The second-order valence-electron chi connectivity index (χ2n) is 3.81. The van der Waals surface area contributed by atoms with E-state index in [0.717, 1.165) is 5.69 Å². The molecule has 90 valence electrons. The topological polar surface area (TPSA) is 94.5 Å². The van der Waals surface area contributed by atoms with Crippen LogP contribution in [0.25, 0.3) is 0 Å². The standard InChI is InChI=1S/C12H11N5O/c1-7-3-4-10(8(2)15-7)12(18)16-11-9(5-13)6-14-17-11/h3-4,6H,1-2H3,(H2,14,16,17,18). The highest BCUT2D eigenvalue weighted by molar-refractivity contribution is 6.05. The van der Waals surface area contributed by atoms with E-state index in [-0.39, 0.29) is 5.91 Å². The van der Waals surface area contributed by atoms with Gasteiger partial charge in [-0.2, -0.15) is 10.4 Å². The first-order valence-corrected chi connectivity index (χ1v) is 5.31. The molecule has 0 bridgehead atoms. The largest absolute Gasteiger partial charge is 0.306 e. The molecule has 0 saturated carbocycles. The second-order valence-corrected chi connectivity index (χ2v) is 3.81. The molecule has 1 amide bonds. The number of aromatic nitrogens is 3. The van der Waals surface area contributed by atoms with Crippen molar-refractivity contribution < 1.29 is 4.79 Å². The Morgan fingerprint density at radius 3 is 2.89 bits per heavy atom. The van der Waals surface area contributed by atoms with Gasteiger partial charge in [-0.1, -0.05) is 0 Å². The Hall–Kier alpha value is -2.68. The molecular weight excluding hydrogens is 230 g/mol. The summed E-state index contributed by atoms with van der Waals surface area (Å²) in [4.78, 5) is 16.2. The predicted octanol–water partition coefficient (Wildman–Crippen LogP) is 1.55. The maximum absolute atomic E-state index is 12.0. The number of hydrogen-bond donors (Lipinski definition) is 2. The molecule has 6 nitrogen and oxygen atoms in total. The van der Waals surface area contributed by atoms with Crippen LogP contribution in [0.3, 0.4) is 0 Å². The molecule has 0 spiro atoms. The Morgan fingerprint density at radius 1 is 1.44 bits per heavy atom. The van der Waals surface area contributed by atoms with Crippen molar-refractivity contribution in [3.8, 4) is 6.07 Å². The number of aromatic amines is 1. The molecule has 6 heteroatoms. The van der Waals surface area contributed by atoms with Crippen LogP contribution in [-0.2, 0) is 0 Å². The van der Waals surface area contributed by atoms with Gasteiger partial charge in [-0.15, -0.1) is 0 Å². The SMILES string of the molecule is Cc1ccc(C(=O)Nc2[nH]ncc2C#N)c(C)n1. The highest BCUT2D eigenvalue weighted by Gasteiger charge is 2.13. The number of aryl methyl sites for hydroxylation is 2. The van der Waals surface area contributed by atoms with Crippen LogP contribution in [0.2, 0.25) is 0 Å². The van der Waals surface area contributed by atoms with Crippen molar-refractivity contribution in [2.75, 3.05) is 5.32 Å². The van der Waals surface area contributed by atoms with Gasteiger partial charge in [-0.25, -0.2) is 0 Å². The molecule has 0 fully saturated rings. The Kier molecular flexibility index (Phi) is 3.06. The summed E-state index contributed by atoms with van der Waals surface area (Å²) >= 11 is 0. The molecular formula is C12H11N5O. The number of hydrogen-bond acceptors (Lipinski definition) is 4. The molecule has 0 unspecified atom stereocenters. The van der Waals surface area contributed by atoms with Crippen molar-refractivity contribution in [2.24, 2.45) is 0 Å². The van der Waals surface area contributed by atoms with Gasteiger partial charge >= 0.3 is 0 Å². The van der Waals surface area contributed by atoms with Gasteiger partial charge in [0, 0.05) is 5.69 Å². The molecule has 0 aromatic carbocycles. The van der Waals surface area contributed by atoms with Crippen LogP contribution in [0, 0.1) is 25.2 Å². The highest BCUT2D eigenvalue weighted by Crippen LogP contribution is 2.13. The predicted molar refractivity (Wildman–Crippen MR) is 65.0 cm³/mol. The smallest absolute Gasteiger partial charge is 0.258 e. The van der Waals surface area contributed by atoms with E-state index in [1.54, 1.807) is 19.1 Å². The van der Waals surface area contributed by atoms with Crippen LogP contribution in [0.4, 0.5) is 5.82 Å². The number of anilines is 1. The van der Waals surface area contributed by atoms with Crippen molar-refractivity contribution in [3.05, 3.63) is 40.8 Å². The van der Waals surface area contributed by atoms with E-state index >= 15 is 0 Å². The zero-order valence-corrected chi connectivity index (χ0v) is 9.98. The third-order valence-electron chi connectivity index (χ3n) is 2.47. The van der Waals surface area contributed by atoms with E-state index < -0.39 is 0 Å². The minimum Gasteiger partial charge on any atom is -0.306 e. The van der Waals surface area contributed by atoms with Crippen molar-refractivity contribution in [1.29, 1.82) is 5.26 Å². The number of amides is 1. The summed E-state index contributed by atoms with van der Waals surface area (Å²) in [6.45, 7) is 3.62. The lowest BCUT2D eigenvalue weighted by molar-refractivity contribution is 0.102. The van der Waals surface area contributed by atoms with Gasteiger partial charge in [0.05, 0.1) is 17.5 Å². The van der Waals surface area contributed by atoms with Crippen LogP contribution in [0.1, 0.15) is 27.3 Å². The van der Waals surface area contributed by atoms with Crippen LogP contribution in [-0.4, -0.2) is 21.1 Å². The molecule has 0 aliphatic carbocycles. The van der Waals surface area contributed by atoms with Crippen molar-refractivity contribution in [1.82, 2.24) is 15.2 Å². The van der Waals surface area contributed by atoms with Gasteiger partial charge in [0.15, 0.2) is 0 Å². The molecule has 0 saturated heterocycles. The molecule has 0 atom stereocenters. The normalized spacial score (nSPS) is 9.83. The highest BCUT2D eigenvalue weighted by atomic mass is 16.1. The summed E-state index contributed by atoms with van der Waals surface area (Å²) in [6.07, 6.45) is 1.36. The van der Waals surface area contributed by atoms with Crippen molar-refractivity contribution >= 4 is 11.7 Å². The second kappa shape index (κ2) is 4.67. The number of pyridine rings is 1. The minimum absolute atomic E-state index is 0.293. The number of carbonyl (C=O) groups is 1. The number of H-pyrrole nitrogens is 1. The van der Waals surface area contributed by atoms with Crippen molar-refractivity contribution in [2.45, 2.75) is 13.8 Å². The number of nitrogens with zero attached hydrogens (tertiary/aromatic N) is 3. The molecule has 0 radical (unpaired) electrons. The summed E-state index contributed by atoms with van der Waals surface area (Å²) in [5.41, 5.74) is 2.26. The molecule has 2 aromatic heterocycles. The lowest BCUT2D eigenvalue weighted by atomic mass is 10.1. The van der Waals surface area contributed by atoms with Gasteiger partial charge in [0.25, 0.3) is 5.91 Å². The van der Waals surface area contributed by atoms with Crippen LogP contribution >= 0.6 is 0 Å². The lowest BCUT2D eigenvalue weighted by Crippen LogP contribution is -2.15.